The molecule has 2 N–H and O–H groups in total. The van der Waals surface area contributed by atoms with Gasteiger partial charge >= 0.3 is 0 Å². The highest BCUT2D eigenvalue weighted by molar-refractivity contribution is 7.09. The standard InChI is InChI=1S/C11H12N2S/c1-8-11(14-7-13-8)10(12)9-5-3-2-4-6-9/h2-7,10H,12H2,1H3/t10-/m1/s1. The zero-order chi connectivity index (χ0) is 9.97. The molecule has 14 heavy (non-hydrogen) atoms. The molecule has 0 radical (unpaired) electrons. The van der Waals surface area contributed by atoms with Gasteiger partial charge in [-0.1, -0.05) is 30.3 Å². The molecule has 0 saturated carbocycles. The summed E-state index contributed by atoms with van der Waals surface area (Å²) < 4.78 is 0. The summed E-state index contributed by atoms with van der Waals surface area (Å²) in [5, 5.41) is 0. The van der Waals surface area contributed by atoms with Crippen LogP contribution in [0.5, 0.6) is 0 Å². The number of rotatable bonds is 2. The second-order valence-corrected chi connectivity index (χ2v) is 4.08. The molecule has 1 aromatic heterocycles. The van der Waals surface area contributed by atoms with Gasteiger partial charge in [0.05, 0.1) is 17.2 Å². The monoisotopic (exact) mass is 204 g/mol. The fourth-order valence-electron chi connectivity index (χ4n) is 1.42. The lowest BCUT2D eigenvalue weighted by molar-refractivity contribution is 0.877. The lowest BCUT2D eigenvalue weighted by Crippen LogP contribution is -2.11. The Morgan fingerprint density at radius 1 is 1.29 bits per heavy atom. The molecule has 0 aliphatic heterocycles. The van der Waals surface area contributed by atoms with Gasteiger partial charge in [-0.3, -0.25) is 0 Å². The summed E-state index contributed by atoms with van der Waals surface area (Å²) in [6, 6.07) is 10.1. The van der Waals surface area contributed by atoms with Gasteiger partial charge in [0.1, 0.15) is 0 Å². The second kappa shape index (κ2) is 3.90. The van der Waals surface area contributed by atoms with Crippen molar-refractivity contribution in [3.05, 3.63) is 52.0 Å². The highest BCUT2D eigenvalue weighted by Crippen LogP contribution is 2.25. The van der Waals surface area contributed by atoms with Crippen molar-refractivity contribution < 1.29 is 0 Å². The van der Waals surface area contributed by atoms with Crippen LogP contribution < -0.4 is 5.73 Å². The first-order chi connectivity index (χ1) is 6.79. The van der Waals surface area contributed by atoms with Gasteiger partial charge in [-0.05, 0) is 12.5 Å². The minimum atomic E-state index is -0.0382. The van der Waals surface area contributed by atoms with Crippen molar-refractivity contribution in [2.45, 2.75) is 13.0 Å². The van der Waals surface area contributed by atoms with Crippen molar-refractivity contribution in [3.63, 3.8) is 0 Å². The minimum absolute atomic E-state index is 0.0382. The van der Waals surface area contributed by atoms with E-state index in [-0.39, 0.29) is 6.04 Å². The zero-order valence-corrected chi connectivity index (χ0v) is 8.79. The summed E-state index contributed by atoms with van der Waals surface area (Å²) in [6.07, 6.45) is 0. The molecule has 0 aliphatic carbocycles. The topological polar surface area (TPSA) is 38.9 Å². The van der Waals surface area contributed by atoms with E-state index >= 15 is 0 Å². The highest BCUT2D eigenvalue weighted by atomic mass is 32.1. The van der Waals surface area contributed by atoms with Crippen LogP contribution in [-0.4, -0.2) is 4.98 Å². The highest BCUT2D eigenvalue weighted by Gasteiger charge is 2.12. The fourth-order valence-corrected chi connectivity index (χ4v) is 2.25. The predicted octanol–water partition coefficient (Wildman–Crippen LogP) is 2.50. The molecule has 2 nitrogen and oxygen atoms in total. The van der Waals surface area contributed by atoms with Crippen molar-refractivity contribution in [1.82, 2.24) is 4.98 Å². The van der Waals surface area contributed by atoms with E-state index in [1.807, 2.05) is 42.8 Å². The molecule has 0 unspecified atom stereocenters. The second-order valence-electron chi connectivity index (χ2n) is 3.19. The number of nitrogens with two attached hydrogens (primary N) is 1. The molecule has 0 spiro atoms. The van der Waals surface area contributed by atoms with Crippen LogP contribution in [-0.2, 0) is 0 Å². The molecule has 2 aromatic rings. The predicted molar refractivity (Wildman–Crippen MR) is 59.3 cm³/mol. The lowest BCUT2D eigenvalue weighted by Gasteiger charge is -2.10. The van der Waals surface area contributed by atoms with E-state index in [1.54, 1.807) is 11.3 Å². The lowest BCUT2D eigenvalue weighted by atomic mass is 10.1. The van der Waals surface area contributed by atoms with E-state index in [0.29, 0.717) is 0 Å². The average Bonchev–Trinajstić information content (AvgIpc) is 2.65. The van der Waals surface area contributed by atoms with Crippen LogP contribution in [0.4, 0.5) is 0 Å². The molecule has 0 saturated heterocycles. The van der Waals surface area contributed by atoms with Crippen LogP contribution in [0, 0.1) is 6.92 Å². The van der Waals surface area contributed by atoms with Crippen LogP contribution in [0.25, 0.3) is 0 Å². The van der Waals surface area contributed by atoms with Gasteiger partial charge in [0.2, 0.25) is 0 Å². The van der Waals surface area contributed by atoms with Gasteiger partial charge in [0.25, 0.3) is 0 Å². The number of aryl methyl sites for hydroxylation is 1. The van der Waals surface area contributed by atoms with Gasteiger partial charge in [-0.25, -0.2) is 4.98 Å². The number of thiazole rings is 1. The Hall–Kier alpha value is -1.19. The van der Waals surface area contributed by atoms with E-state index in [0.717, 1.165) is 16.1 Å². The Kier molecular flexibility index (Phi) is 2.61. The molecule has 72 valence electrons. The van der Waals surface area contributed by atoms with Crippen LogP contribution in [0.2, 0.25) is 0 Å². The van der Waals surface area contributed by atoms with Crippen molar-refractivity contribution in [2.75, 3.05) is 0 Å². The summed E-state index contributed by atoms with van der Waals surface area (Å²) in [5.74, 6) is 0. The van der Waals surface area contributed by atoms with Crippen molar-refractivity contribution in [2.24, 2.45) is 5.73 Å². The van der Waals surface area contributed by atoms with Gasteiger partial charge in [0.15, 0.2) is 0 Å². The number of hydrogen-bond acceptors (Lipinski definition) is 3. The maximum Gasteiger partial charge on any atom is 0.0798 e. The molecule has 0 bridgehead atoms. The first-order valence-corrected chi connectivity index (χ1v) is 5.37. The third-order valence-electron chi connectivity index (χ3n) is 2.22. The molecule has 1 aromatic carbocycles. The fraction of sp³-hybridized carbons (Fsp3) is 0.182. The van der Waals surface area contributed by atoms with Gasteiger partial charge in [0, 0.05) is 4.88 Å². The summed E-state index contributed by atoms with van der Waals surface area (Å²) in [6.45, 7) is 1.99. The third kappa shape index (κ3) is 1.69. The van der Waals surface area contributed by atoms with Gasteiger partial charge in [-0.15, -0.1) is 11.3 Å². The van der Waals surface area contributed by atoms with Crippen LogP contribution in [0.1, 0.15) is 22.2 Å². The molecule has 0 amide bonds. The SMILES string of the molecule is Cc1ncsc1[C@H](N)c1ccccc1. The summed E-state index contributed by atoms with van der Waals surface area (Å²) >= 11 is 1.62. The number of benzene rings is 1. The Balaban J connectivity index is 2.34. The zero-order valence-electron chi connectivity index (χ0n) is 7.97. The van der Waals surface area contributed by atoms with Gasteiger partial charge < -0.3 is 5.73 Å². The van der Waals surface area contributed by atoms with Crippen molar-refractivity contribution in [3.8, 4) is 0 Å². The van der Waals surface area contributed by atoms with Crippen LogP contribution >= 0.6 is 11.3 Å². The molecule has 1 atom stereocenters. The Morgan fingerprint density at radius 3 is 2.57 bits per heavy atom. The number of aromatic nitrogens is 1. The Bertz CT molecular complexity index is 408. The summed E-state index contributed by atoms with van der Waals surface area (Å²) in [4.78, 5) is 5.35. The van der Waals surface area contributed by atoms with Crippen molar-refractivity contribution in [1.29, 1.82) is 0 Å². The molecular formula is C11H12N2S. The maximum atomic E-state index is 6.13. The van der Waals surface area contributed by atoms with Crippen molar-refractivity contribution >= 4 is 11.3 Å². The van der Waals surface area contributed by atoms with Gasteiger partial charge in [-0.2, -0.15) is 0 Å². The van der Waals surface area contributed by atoms with E-state index < -0.39 is 0 Å². The molecule has 2 rings (SSSR count). The number of nitrogens with zero attached hydrogens (tertiary/aromatic N) is 1. The largest absolute Gasteiger partial charge is 0.320 e. The molecule has 0 fully saturated rings. The summed E-state index contributed by atoms with van der Waals surface area (Å²) in [5.41, 5.74) is 10.1. The smallest absolute Gasteiger partial charge is 0.0798 e. The van der Waals surface area contributed by atoms with Crippen LogP contribution in [0.3, 0.4) is 0 Å². The first-order valence-electron chi connectivity index (χ1n) is 4.49. The normalized spacial score (nSPS) is 12.7. The quantitative estimate of drug-likeness (QED) is 0.816. The Labute approximate surface area is 87.4 Å². The molecule has 3 heteroatoms. The molecular weight excluding hydrogens is 192 g/mol. The van der Waals surface area contributed by atoms with E-state index in [2.05, 4.69) is 4.98 Å². The Morgan fingerprint density at radius 2 is 2.00 bits per heavy atom. The maximum absolute atomic E-state index is 6.13. The van der Waals surface area contributed by atoms with E-state index in [4.69, 9.17) is 5.73 Å². The van der Waals surface area contributed by atoms with Crippen LogP contribution in [0.15, 0.2) is 35.8 Å². The number of hydrogen-bond donors (Lipinski definition) is 1. The first kappa shape index (κ1) is 9.37. The third-order valence-corrected chi connectivity index (χ3v) is 3.24. The summed E-state index contributed by atoms with van der Waals surface area (Å²) in [7, 11) is 0. The molecule has 1 heterocycles. The average molecular weight is 204 g/mol. The van der Waals surface area contributed by atoms with E-state index in [9.17, 15) is 0 Å². The molecule has 0 aliphatic rings. The minimum Gasteiger partial charge on any atom is -0.320 e. The van der Waals surface area contributed by atoms with E-state index in [1.165, 1.54) is 0 Å².